The number of aryl methyl sites for hydroxylation is 1. The van der Waals surface area contributed by atoms with Gasteiger partial charge in [-0.25, -0.2) is 4.39 Å². The Morgan fingerprint density at radius 3 is 2.62 bits per heavy atom. The van der Waals surface area contributed by atoms with Gasteiger partial charge in [-0.1, -0.05) is 29.9 Å². The number of benzene rings is 2. The highest BCUT2D eigenvalue weighted by Gasteiger charge is 2.13. The second kappa shape index (κ2) is 6.20. The smallest absolute Gasteiger partial charge is 0.255 e. The molecule has 0 aromatic heterocycles. The number of nitrogens with two attached hydrogens (primary N) is 1. The van der Waals surface area contributed by atoms with E-state index in [1.165, 1.54) is 18.2 Å². The molecule has 1 amide bonds. The van der Waals surface area contributed by atoms with E-state index in [0.717, 1.165) is 5.56 Å². The van der Waals surface area contributed by atoms with Crippen molar-refractivity contribution >= 4 is 40.4 Å². The third-order valence-corrected chi connectivity index (χ3v) is 3.39. The number of carbonyl (C=O) groups excluding carboxylic acids is 1. The molecule has 2 aromatic rings. The fraction of sp³-hybridized carbons (Fsp3) is 0.0667. The highest BCUT2D eigenvalue weighted by atomic mass is 35.5. The van der Waals surface area contributed by atoms with Crippen LogP contribution in [-0.4, -0.2) is 10.9 Å². The summed E-state index contributed by atoms with van der Waals surface area (Å²) in [6.45, 7) is 1.80. The Bertz CT molecular complexity index is 734. The number of halogens is 2. The topological polar surface area (TPSA) is 55.1 Å². The number of nitrogens with one attached hydrogen (secondary N) is 1. The highest BCUT2D eigenvalue weighted by molar-refractivity contribution is 7.80. The number of hydrogen-bond donors (Lipinski definition) is 2. The van der Waals surface area contributed by atoms with Gasteiger partial charge in [0.25, 0.3) is 5.91 Å². The first-order valence-corrected chi connectivity index (χ1v) is 6.84. The summed E-state index contributed by atoms with van der Waals surface area (Å²) in [6.07, 6.45) is 0. The Hall–Kier alpha value is -1.98. The van der Waals surface area contributed by atoms with Crippen molar-refractivity contribution in [1.29, 1.82) is 0 Å². The number of carbonyl (C=O) groups is 1. The molecule has 0 fully saturated rings. The third-order valence-electron chi connectivity index (χ3n) is 2.94. The van der Waals surface area contributed by atoms with Gasteiger partial charge in [-0.05, 0) is 42.8 Å². The van der Waals surface area contributed by atoms with Crippen LogP contribution >= 0.6 is 23.8 Å². The molecule has 0 heterocycles. The highest BCUT2D eigenvalue weighted by Crippen LogP contribution is 2.20. The average Bonchev–Trinajstić information content (AvgIpc) is 2.43. The van der Waals surface area contributed by atoms with E-state index in [4.69, 9.17) is 29.6 Å². The average molecular weight is 323 g/mol. The van der Waals surface area contributed by atoms with E-state index in [1.54, 1.807) is 25.1 Å². The van der Waals surface area contributed by atoms with Gasteiger partial charge in [0.1, 0.15) is 10.8 Å². The van der Waals surface area contributed by atoms with Crippen LogP contribution in [0.4, 0.5) is 10.1 Å². The van der Waals surface area contributed by atoms with Gasteiger partial charge in [-0.2, -0.15) is 0 Å². The fourth-order valence-corrected chi connectivity index (χ4v) is 2.20. The van der Waals surface area contributed by atoms with Gasteiger partial charge in [0, 0.05) is 16.1 Å². The Morgan fingerprint density at radius 1 is 1.24 bits per heavy atom. The first-order valence-electron chi connectivity index (χ1n) is 6.05. The lowest BCUT2D eigenvalue weighted by atomic mass is 10.1. The van der Waals surface area contributed by atoms with Crippen molar-refractivity contribution in [1.82, 2.24) is 0 Å². The molecule has 0 saturated heterocycles. The zero-order valence-corrected chi connectivity index (χ0v) is 12.7. The summed E-state index contributed by atoms with van der Waals surface area (Å²) < 4.78 is 13.2. The van der Waals surface area contributed by atoms with Gasteiger partial charge < -0.3 is 11.1 Å². The van der Waals surface area contributed by atoms with Crippen molar-refractivity contribution in [2.75, 3.05) is 5.32 Å². The molecule has 0 radical (unpaired) electrons. The monoisotopic (exact) mass is 322 g/mol. The zero-order chi connectivity index (χ0) is 15.6. The van der Waals surface area contributed by atoms with Gasteiger partial charge in [-0.3, -0.25) is 4.79 Å². The molecular weight excluding hydrogens is 311 g/mol. The molecule has 0 atom stereocenters. The summed E-state index contributed by atoms with van der Waals surface area (Å²) in [5.74, 6) is -0.839. The van der Waals surface area contributed by atoms with Gasteiger partial charge in [0.05, 0.1) is 5.69 Å². The van der Waals surface area contributed by atoms with E-state index in [0.29, 0.717) is 16.3 Å². The Kier molecular flexibility index (Phi) is 4.55. The molecule has 0 aliphatic rings. The predicted molar refractivity (Wildman–Crippen MR) is 86.4 cm³/mol. The normalized spacial score (nSPS) is 10.2. The molecule has 108 valence electrons. The maximum absolute atomic E-state index is 13.2. The molecule has 2 aromatic carbocycles. The zero-order valence-electron chi connectivity index (χ0n) is 11.1. The van der Waals surface area contributed by atoms with E-state index in [1.807, 2.05) is 0 Å². The summed E-state index contributed by atoms with van der Waals surface area (Å²) in [6, 6.07) is 8.84. The van der Waals surface area contributed by atoms with Gasteiger partial charge in [0.2, 0.25) is 0 Å². The molecule has 2 rings (SSSR count). The lowest BCUT2D eigenvalue weighted by Crippen LogP contribution is -2.18. The van der Waals surface area contributed by atoms with E-state index in [-0.39, 0.29) is 16.5 Å². The minimum absolute atomic E-state index is 0.00705. The maximum atomic E-state index is 13.2. The maximum Gasteiger partial charge on any atom is 0.255 e. The summed E-state index contributed by atoms with van der Waals surface area (Å²) in [4.78, 5) is 12.3. The molecule has 6 heteroatoms. The summed E-state index contributed by atoms with van der Waals surface area (Å²) >= 11 is 10.8. The third kappa shape index (κ3) is 3.56. The molecule has 3 nitrogen and oxygen atoms in total. The molecule has 0 spiro atoms. The van der Waals surface area contributed by atoms with Crippen molar-refractivity contribution < 1.29 is 9.18 Å². The van der Waals surface area contributed by atoms with Crippen LogP contribution in [-0.2, 0) is 0 Å². The fourth-order valence-electron chi connectivity index (χ4n) is 1.86. The summed E-state index contributed by atoms with van der Waals surface area (Å²) in [5, 5.41) is 3.13. The Morgan fingerprint density at radius 2 is 1.95 bits per heavy atom. The summed E-state index contributed by atoms with van der Waals surface area (Å²) in [5.41, 5.74) is 7.38. The standard InChI is InChI=1S/C15H12ClFN2OS/c1-8-2-3-9(16)6-11(8)15(20)19-13-5-4-10(17)7-12(13)14(18)21/h2-7H,1H3,(H2,18,21)(H,19,20). The first-order chi connectivity index (χ1) is 9.88. The molecule has 0 unspecified atom stereocenters. The van der Waals surface area contributed by atoms with E-state index >= 15 is 0 Å². The molecule has 21 heavy (non-hydrogen) atoms. The number of amides is 1. The second-order valence-electron chi connectivity index (χ2n) is 4.47. The van der Waals surface area contributed by atoms with Crippen LogP contribution in [0.1, 0.15) is 21.5 Å². The van der Waals surface area contributed by atoms with Crippen molar-refractivity contribution in [2.24, 2.45) is 5.73 Å². The largest absolute Gasteiger partial charge is 0.389 e. The van der Waals surface area contributed by atoms with Gasteiger partial charge in [0.15, 0.2) is 0 Å². The molecule has 3 N–H and O–H groups in total. The van der Waals surface area contributed by atoms with Crippen LogP contribution < -0.4 is 11.1 Å². The molecule has 0 aliphatic carbocycles. The molecule has 0 aliphatic heterocycles. The van der Waals surface area contributed by atoms with Gasteiger partial charge >= 0.3 is 0 Å². The van der Waals surface area contributed by atoms with Crippen molar-refractivity contribution in [3.63, 3.8) is 0 Å². The Balaban J connectivity index is 2.36. The second-order valence-corrected chi connectivity index (χ2v) is 5.34. The number of thiocarbonyl (C=S) groups is 1. The number of hydrogen-bond acceptors (Lipinski definition) is 2. The molecular formula is C15H12ClFN2OS. The van der Waals surface area contributed by atoms with E-state index < -0.39 is 5.82 Å². The van der Waals surface area contributed by atoms with E-state index in [9.17, 15) is 9.18 Å². The van der Waals surface area contributed by atoms with Crippen molar-refractivity contribution in [3.8, 4) is 0 Å². The number of anilines is 1. The van der Waals surface area contributed by atoms with Crippen molar-refractivity contribution in [3.05, 3.63) is 63.9 Å². The minimum atomic E-state index is -0.477. The first kappa shape index (κ1) is 15.4. The van der Waals surface area contributed by atoms with Crippen LogP contribution in [0.2, 0.25) is 5.02 Å². The lowest BCUT2D eigenvalue weighted by molar-refractivity contribution is 0.102. The van der Waals surface area contributed by atoms with E-state index in [2.05, 4.69) is 5.32 Å². The van der Waals surface area contributed by atoms with Crippen LogP contribution in [0, 0.1) is 12.7 Å². The quantitative estimate of drug-likeness (QED) is 0.848. The van der Waals surface area contributed by atoms with Crippen LogP contribution in [0.15, 0.2) is 36.4 Å². The number of rotatable bonds is 3. The van der Waals surface area contributed by atoms with Crippen LogP contribution in [0.25, 0.3) is 0 Å². The summed E-state index contributed by atoms with van der Waals surface area (Å²) in [7, 11) is 0. The predicted octanol–water partition coefficient (Wildman–Crippen LogP) is 3.67. The minimum Gasteiger partial charge on any atom is -0.389 e. The lowest BCUT2D eigenvalue weighted by Gasteiger charge is -2.12. The van der Waals surface area contributed by atoms with Crippen LogP contribution in [0.5, 0.6) is 0 Å². The van der Waals surface area contributed by atoms with Gasteiger partial charge in [-0.15, -0.1) is 0 Å². The Labute approximate surface area is 131 Å². The SMILES string of the molecule is Cc1ccc(Cl)cc1C(=O)Nc1ccc(F)cc1C(N)=S. The van der Waals surface area contributed by atoms with Crippen molar-refractivity contribution in [2.45, 2.75) is 6.92 Å². The van der Waals surface area contributed by atoms with Crippen LogP contribution in [0.3, 0.4) is 0 Å². The molecule has 0 saturated carbocycles. The molecule has 0 bridgehead atoms.